The second-order valence-corrected chi connectivity index (χ2v) is 8.30. The highest BCUT2D eigenvalue weighted by atomic mass is 16.6. The molecule has 33 heavy (non-hydrogen) atoms. The van der Waals surface area contributed by atoms with Crippen molar-refractivity contribution in [2.75, 3.05) is 17.7 Å². The predicted octanol–water partition coefficient (Wildman–Crippen LogP) is 6.35. The van der Waals surface area contributed by atoms with Crippen molar-refractivity contribution >= 4 is 23.0 Å². The quantitative estimate of drug-likeness (QED) is 0.368. The van der Waals surface area contributed by atoms with Gasteiger partial charge in [-0.05, 0) is 55.0 Å². The van der Waals surface area contributed by atoms with Crippen molar-refractivity contribution in [3.05, 3.63) is 113 Å². The summed E-state index contributed by atoms with van der Waals surface area (Å²) in [5.41, 5.74) is 5.64. The van der Waals surface area contributed by atoms with Crippen LogP contribution in [0.4, 0.5) is 17.1 Å². The van der Waals surface area contributed by atoms with Crippen LogP contribution in [0.5, 0.6) is 11.5 Å². The zero-order valence-corrected chi connectivity index (χ0v) is 18.3. The molecule has 0 bridgehead atoms. The number of benzene rings is 4. The van der Waals surface area contributed by atoms with Crippen LogP contribution in [-0.2, 0) is 10.3 Å². The Balaban J connectivity index is 1.65. The maximum atomic E-state index is 13.1. The van der Waals surface area contributed by atoms with Crippen LogP contribution in [0.1, 0.15) is 32.6 Å². The molecule has 0 amide bonds. The number of nitrogens with one attached hydrogen (secondary N) is 2. The zero-order valence-electron chi connectivity index (χ0n) is 18.3. The third-order valence-corrected chi connectivity index (χ3v) is 6.40. The molecule has 162 valence electrons. The largest absolute Gasteiger partial charge is 0.456 e. The summed E-state index contributed by atoms with van der Waals surface area (Å²) < 4.78 is 12.7. The second kappa shape index (κ2) is 7.14. The molecule has 0 fully saturated rings. The summed E-state index contributed by atoms with van der Waals surface area (Å²) in [7, 11) is 1.86. The molecule has 2 heterocycles. The first-order valence-corrected chi connectivity index (χ1v) is 10.9. The van der Waals surface area contributed by atoms with Crippen LogP contribution in [0.25, 0.3) is 0 Å². The van der Waals surface area contributed by atoms with E-state index in [0.717, 1.165) is 39.3 Å². The molecule has 5 heteroatoms. The first-order valence-electron chi connectivity index (χ1n) is 10.9. The minimum atomic E-state index is -1.11. The molecule has 0 radical (unpaired) electrons. The van der Waals surface area contributed by atoms with E-state index in [0.29, 0.717) is 17.1 Å². The van der Waals surface area contributed by atoms with Crippen molar-refractivity contribution in [1.29, 1.82) is 0 Å². The Labute approximate surface area is 192 Å². The Bertz CT molecular complexity index is 1410. The number of ether oxygens (including phenoxy) is 2. The molecule has 0 aromatic heterocycles. The fraction of sp³-hybridized carbons (Fsp3) is 0.107. The molecule has 2 aliphatic rings. The number of hydrogen-bond acceptors (Lipinski definition) is 5. The molecule has 4 aromatic carbocycles. The number of anilines is 3. The fourth-order valence-electron chi connectivity index (χ4n) is 4.90. The average Bonchev–Trinajstić information content (AvgIpc) is 3.13. The molecular formula is C28H22N2O3. The van der Waals surface area contributed by atoms with E-state index in [1.165, 1.54) is 0 Å². The van der Waals surface area contributed by atoms with Crippen LogP contribution in [-0.4, -0.2) is 13.0 Å². The normalized spacial score (nSPS) is 17.5. The first kappa shape index (κ1) is 19.4. The fourth-order valence-corrected chi connectivity index (χ4v) is 4.90. The van der Waals surface area contributed by atoms with Gasteiger partial charge in [0.25, 0.3) is 0 Å². The third kappa shape index (κ3) is 2.75. The van der Waals surface area contributed by atoms with Crippen molar-refractivity contribution in [3.63, 3.8) is 0 Å². The highest BCUT2D eigenvalue weighted by Gasteiger charge is 2.54. The van der Waals surface area contributed by atoms with E-state index >= 15 is 0 Å². The Hall–Kier alpha value is -4.25. The zero-order chi connectivity index (χ0) is 22.6. The van der Waals surface area contributed by atoms with Crippen molar-refractivity contribution in [2.24, 2.45) is 0 Å². The highest BCUT2D eigenvalue weighted by molar-refractivity contribution is 5.97. The van der Waals surface area contributed by atoms with Gasteiger partial charge in [0, 0.05) is 35.2 Å². The van der Waals surface area contributed by atoms with Gasteiger partial charge in [-0.3, -0.25) is 0 Å². The van der Waals surface area contributed by atoms with E-state index in [1.807, 2.05) is 98.9 Å². The molecule has 0 aliphatic carbocycles. The molecule has 0 saturated heterocycles. The lowest BCUT2D eigenvalue weighted by atomic mass is 9.76. The molecule has 0 saturated carbocycles. The molecule has 6 rings (SSSR count). The standard InChI is InChI=1S/C28H22N2O3/c1-17-15-25-21(16-23(17)30-18-9-4-3-5-10-18)28(20-12-7-6-11-19(20)27(31)33-28)26-22(29-2)13-8-14-24(26)32-25/h3-16,29-30H,1-2H3. The number of para-hydroxylation sites is 1. The molecule has 5 nitrogen and oxygen atoms in total. The van der Waals surface area contributed by atoms with Crippen molar-refractivity contribution in [3.8, 4) is 11.5 Å². The molecule has 1 spiro atoms. The van der Waals surface area contributed by atoms with Gasteiger partial charge >= 0.3 is 5.97 Å². The van der Waals surface area contributed by atoms with Gasteiger partial charge in [0.1, 0.15) is 11.5 Å². The van der Waals surface area contributed by atoms with Gasteiger partial charge in [-0.25, -0.2) is 4.79 Å². The van der Waals surface area contributed by atoms with Crippen molar-refractivity contribution in [1.82, 2.24) is 0 Å². The Kier molecular flexibility index (Phi) is 4.20. The maximum absolute atomic E-state index is 13.1. The number of hydrogen-bond donors (Lipinski definition) is 2. The number of carbonyl (C=O) groups is 1. The van der Waals surface area contributed by atoms with Crippen LogP contribution in [0.15, 0.2) is 84.9 Å². The van der Waals surface area contributed by atoms with Crippen LogP contribution >= 0.6 is 0 Å². The predicted molar refractivity (Wildman–Crippen MR) is 129 cm³/mol. The maximum Gasteiger partial charge on any atom is 0.340 e. The summed E-state index contributed by atoms with van der Waals surface area (Å²) in [6.07, 6.45) is 0. The van der Waals surface area contributed by atoms with Crippen molar-refractivity contribution < 1.29 is 14.3 Å². The van der Waals surface area contributed by atoms with E-state index in [-0.39, 0.29) is 5.97 Å². The van der Waals surface area contributed by atoms with Crippen LogP contribution < -0.4 is 15.4 Å². The second-order valence-electron chi connectivity index (χ2n) is 8.30. The Morgan fingerprint density at radius 1 is 0.788 bits per heavy atom. The SMILES string of the molecule is CNc1cccc2c1C1(OC(=O)c3ccccc31)c1cc(Nc3ccccc3)c(C)cc1O2. The summed E-state index contributed by atoms with van der Waals surface area (Å²) >= 11 is 0. The topological polar surface area (TPSA) is 59.6 Å². The van der Waals surface area contributed by atoms with Crippen LogP contribution in [0, 0.1) is 6.92 Å². The van der Waals surface area contributed by atoms with E-state index < -0.39 is 5.60 Å². The lowest BCUT2D eigenvalue weighted by molar-refractivity contribution is 0.0227. The Morgan fingerprint density at radius 2 is 1.58 bits per heavy atom. The first-order chi connectivity index (χ1) is 16.1. The molecule has 1 unspecified atom stereocenters. The third-order valence-electron chi connectivity index (χ3n) is 6.40. The van der Waals surface area contributed by atoms with Gasteiger partial charge in [0.05, 0.1) is 11.1 Å². The van der Waals surface area contributed by atoms with E-state index in [1.54, 1.807) is 0 Å². The lowest BCUT2D eigenvalue weighted by Gasteiger charge is -2.38. The summed E-state index contributed by atoms with van der Waals surface area (Å²) in [4.78, 5) is 13.1. The number of fused-ring (bicyclic) bond motifs is 6. The number of carbonyl (C=O) groups excluding carboxylic acids is 1. The lowest BCUT2D eigenvalue weighted by Crippen LogP contribution is -2.34. The van der Waals surface area contributed by atoms with E-state index in [9.17, 15) is 4.79 Å². The van der Waals surface area contributed by atoms with Gasteiger partial charge in [-0.15, -0.1) is 0 Å². The van der Waals surface area contributed by atoms with Crippen LogP contribution in [0.2, 0.25) is 0 Å². The number of esters is 1. The summed E-state index contributed by atoms with van der Waals surface area (Å²) in [6, 6.07) is 27.5. The van der Waals surface area contributed by atoms with Gasteiger partial charge in [0.2, 0.25) is 0 Å². The monoisotopic (exact) mass is 434 g/mol. The van der Waals surface area contributed by atoms with Crippen LogP contribution in [0.3, 0.4) is 0 Å². The van der Waals surface area contributed by atoms with Gasteiger partial charge in [0.15, 0.2) is 5.60 Å². The summed E-state index contributed by atoms with van der Waals surface area (Å²) in [5.74, 6) is 1.01. The highest BCUT2D eigenvalue weighted by Crippen LogP contribution is 2.58. The van der Waals surface area contributed by atoms with Gasteiger partial charge in [-0.2, -0.15) is 0 Å². The molecule has 4 aromatic rings. The Morgan fingerprint density at radius 3 is 2.39 bits per heavy atom. The minimum Gasteiger partial charge on any atom is -0.456 e. The van der Waals surface area contributed by atoms with E-state index in [2.05, 4.69) is 10.6 Å². The minimum absolute atomic E-state index is 0.339. The van der Waals surface area contributed by atoms with E-state index in [4.69, 9.17) is 9.47 Å². The average molecular weight is 434 g/mol. The van der Waals surface area contributed by atoms with Gasteiger partial charge < -0.3 is 20.1 Å². The molecule has 2 N–H and O–H groups in total. The van der Waals surface area contributed by atoms with Crippen molar-refractivity contribution in [2.45, 2.75) is 12.5 Å². The number of rotatable bonds is 3. The molecular weight excluding hydrogens is 412 g/mol. The molecule has 2 aliphatic heterocycles. The molecule has 1 atom stereocenters. The van der Waals surface area contributed by atoms with Gasteiger partial charge in [-0.1, -0.05) is 42.5 Å². The smallest absolute Gasteiger partial charge is 0.340 e. The summed E-state index contributed by atoms with van der Waals surface area (Å²) in [5, 5.41) is 6.77. The summed E-state index contributed by atoms with van der Waals surface area (Å²) in [6.45, 7) is 2.04. The number of aryl methyl sites for hydroxylation is 1.